The third-order valence-corrected chi connectivity index (χ3v) is 5.21. The van der Waals surface area contributed by atoms with Crippen LogP contribution >= 0.6 is 11.8 Å². The predicted octanol–water partition coefficient (Wildman–Crippen LogP) is 5.16. The highest BCUT2D eigenvalue weighted by molar-refractivity contribution is 8.00. The van der Waals surface area contributed by atoms with Crippen molar-refractivity contribution in [2.24, 2.45) is 0 Å². The fourth-order valence-electron chi connectivity index (χ4n) is 2.98. The van der Waals surface area contributed by atoms with Gasteiger partial charge in [-0.25, -0.2) is 4.79 Å². The van der Waals surface area contributed by atoms with E-state index in [0.717, 1.165) is 25.2 Å². The molecule has 0 atom stereocenters. The van der Waals surface area contributed by atoms with E-state index in [-0.39, 0.29) is 22.7 Å². The summed E-state index contributed by atoms with van der Waals surface area (Å²) in [6.07, 6.45) is 4.20. The zero-order valence-electron chi connectivity index (χ0n) is 15.7. The highest BCUT2D eigenvalue weighted by Crippen LogP contribution is 2.37. The van der Waals surface area contributed by atoms with Gasteiger partial charge in [-0.1, -0.05) is 42.5 Å². The van der Waals surface area contributed by atoms with Gasteiger partial charge in [-0.15, -0.1) is 0 Å². The Labute approximate surface area is 172 Å². The number of carbonyl (C=O) groups is 1. The normalized spacial score (nSPS) is 15.6. The summed E-state index contributed by atoms with van der Waals surface area (Å²) in [5.41, 5.74) is -2.68. The molecular formula is C21H22F3N3OS. The van der Waals surface area contributed by atoms with Crippen molar-refractivity contribution < 1.29 is 18.0 Å². The van der Waals surface area contributed by atoms with Crippen LogP contribution in [0.3, 0.4) is 0 Å². The molecule has 2 amide bonds. The number of nitrogens with one attached hydrogen (secondary N) is 1. The summed E-state index contributed by atoms with van der Waals surface area (Å²) in [7, 11) is 0. The molecule has 3 rings (SSSR count). The van der Waals surface area contributed by atoms with Crippen molar-refractivity contribution in [2.75, 3.05) is 38.0 Å². The molecule has 0 aliphatic carbocycles. The van der Waals surface area contributed by atoms with E-state index in [1.807, 2.05) is 30.3 Å². The molecule has 1 aliphatic heterocycles. The molecule has 154 valence electrons. The van der Waals surface area contributed by atoms with Crippen LogP contribution in [0.1, 0.15) is 5.56 Å². The van der Waals surface area contributed by atoms with Gasteiger partial charge in [-0.2, -0.15) is 13.2 Å². The van der Waals surface area contributed by atoms with E-state index in [0.29, 0.717) is 18.8 Å². The van der Waals surface area contributed by atoms with Crippen LogP contribution in [-0.4, -0.2) is 54.1 Å². The number of hydrogen-bond acceptors (Lipinski definition) is 3. The number of rotatable bonds is 5. The number of urea groups is 1. The molecule has 1 saturated heterocycles. The number of alkyl halides is 3. The molecule has 1 aliphatic rings. The van der Waals surface area contributed by atoms with E-state index in [9.17, 15) is 18.0 Å². The Kier molecular flexibility index (Phi) is 7.22. The summed E-state index contributed by atoms with van der Waals surface area (Å²) in [5, 5.41) is 2.75. The average molecular weight is 421 g/mol. The molecule has 4 nitrogen and oxygen atoms in total. The number of halogens is 3. The van der Waals surface area contributed by atoms with Crippen LogP contribution in [-0.2, 0) is 0 Å². The second kappa shape index (κ2) is 9.84. The van der Waals surface area contributed by atoms with E-state index in [1.54, 1.807) is 4.90 Å². The summed E-state index contributed by atoms with van der Waals surface area (Å²) in [6.45, 7) is 3.57. The summed E-state index contributed by atoms with van der Waals surface area (Å²) in [6, 6.07) is 15.5. The number of hydrogen-bond donors (Lipinski definition) is 1. The Hall–Kier alpha value is -2.45. The quantitative estimate of drug-likeness (QED) is 0.678. The van der Waals surface area contributed by atoms with Gasteiger partial charge in [-0.05, 0) is 41.6 Å². The maximum absolute atomic E-state index is 12.4. The number of carbonyl (C=O) groups excluding carboxylic acids is 1. The van der Waals surface area contributed by atoms with Gasteiger partial charge in [0.15, 0.2) is 0 Å². The van der Waals surface area contributed by atoms with Crippen molar-refractivity contribution in [3.8, 4) is 0 Å². The van der Waals surface area contributed by atoms with Crippen molar-refractivity contribution in [3.05, 3.63) is 66.2 Å². The molecule has 2 aromatic rings. The fraction of sp³-hybridized carbons (Fsp3) is 0.286. The lowest BCUT2D eigenvalue weighted by Gasteiger charge is -2.34. The Morgan fingerprint density at radius 2 is 1.66 bits per heavy atom. The van der Waals surface area contributed by atoms with Crippen molar-refractivity contribution >= 4 is 29.6 Å². The molecule has 0 saturated carbocycles. The maximum atomic E-state index is 12.4. The molecule has 8 heteroatoms. The van der Waals surface area contributed by atoms with Crippen LogP contribution in [0.15, 0.2) is 65.6 Å². The zero-order chi connectivity index (χ0) is 20.7. The van der Waals surface area contributed by atoms with Crippen LogP contribution < -0.4 is 5.32 Å². The van der Waals surface area contributed by atoms with Gasteiger partial charge in [0.1, 0.15) is 0 Å². The molecule has 1 fully saturated rings. The van der Waals surface area contributed by atoms with Gasteiger partial charge >= 0.3 is 11.5 Å². The molecule has 0 radical (unpaired) electrons. The van der Waals surface area contributed by atoms with Crippen molar-refractivity contribution in [2.45, 2.75) is 10.4 Å². The molecular weight excluding hydrogens is 399 g/mol. The molecule has 0 bridgehead atoms. The van der Waals surface area contributed by atoms with Gasteiger partial charge in [0.25, 0.3) is 0 Å². The Balaban J connectivity index is 1.42. The van der Waals surface area contributed by atoms with Crippen molar-refractivity contribution in [1.82, 2.24) is 9.80 Å². The summed E-state index contributed by atoms with van der Waals surface area (Å²) >= 11 is -0.173. The smallest absolute Gasteiger partial charge is 0.322 e. The molecule has 2 aromatic carbocycles. The van der Waals surface area contributed by atoms with Gasteiger partial charge in [0.2, 0.25) is 0 Å². The van der Waals surface area contributed by atoms with Gasteiger partial charge in [0.05, 0.1) is 0 Å². The Morgan fingerprint density at radius 1 is 1.00 bits per heavy atom. The number of piperazine rings is 1. The first-order valence-corrected chi connectivity index (χ1v) is 10.1. The second-order valence-electron chi connectivity index (χ2n) is 6.60. The minimum atomic E-state index is -4.32. The zero-order valence-corrected chi connectivity index (χ0v) is 16.5. The van der Waals surface area contributed by atoms with Gasteiger partial charge < -0.3 is 10.2 Å². The third-order valence-electron chi connectivity index (χ3n) is 4.47. The first kappa shape index (κ1) is 21.3. The van der Waals surface area contributed by atoms with E-state index >= 15 is 0 Å². The number of nitrogens with zero attached hydrogens (tertiary/aromatic N) is 2. The summed E-state index contributed by atoms with van der Waals surface area (Å²) in [5.74, 6) is 0. The molecule has 1 heterocycles. The largest absolute Gasteiger partial charge is 0.446 e. The summed E-state index contributed by atoms with van der Waals surface area (Å²) < 4.78 is 37.1. The molecule has 0 spiro atoms. The van der Waals surface area contributed by atoms with Crippen molar-refractivity contribution in [3.63, 3.8) is 0 Å². The van der Waals surface area contributed by atoms with Crippen LogP contribution in [0.25, 0.3) is 6.08 Å². The summed E-state index contributed by atoms with van der Waals surface area (Å²) in [4.78, 5) is 16.5. The lowest BCUT2D eigenvalue weighted by atomic mass is 10.2. The van der Waals surface area contributed by atoms with Crippen LogP contribution in [0.4, 0.5) is 23.7 Å². The molecule has 1 N–H and O–H groups in total. The van der Waals surface area contributed by atoms with Gasteiger partial charge in [-0.3, -0.25) is 4.90 Å². The molecule has 29 heavy (non-hydrogen) atoms. The first-order valence-electron chi connectivity index (χ1n) is 9.25. The Morgan fingerprint density at radius 3 is 2.28 bits per heavy atom. The number of thioether (sulfide) groups is 1. The standard InChI is InChI=1S/C21H22F3N3OS/c22-21(23,24)29-19-10-8-18(9-11-19)25-20(28)27-15-13-26(14-16-27)12-4-7-17-5-2-1-3-6-17/h1-11H,12-16H2,(H,25,28). The van der Waals surface area contributed by atoms with Crippen LogP contribution in [0.5, 0.6) is 0 Å². The fourth-order valence-corrected chi connectivity index (χ4v) is 3.52. The van der Waals surface area contributed by atoms with Gasteiger partial charge in [0, 0.05) is 43.3 Å². The van der Waals surface area contributed by atoms with E-state index in [1.165, 1.54) is 24.3 Å². The monoisotopic (exact) mass is 421 g/mol. The minimum absolute atomic E-state index is 0.0904. The lowest BCUT2D eigenvalue weighted by molar-refractivity contribution is -0.0328. The van der Waals surface area contributed by atoms with E-state index in [2.05, 4.69) is 22.4 Å². The predicted molar refractivity (Wildman–Crippen MR) is 111 cm³/mol. The number of amides is 2. The molecule has 0 aromatic heterocycles. The average Bonchev–Trinajstić information content (AvgIpc) is 2.70. The molecule has 0 unspecified atom stereocenters. The SMILES string of the molecule is O=C(Nc1ccc(SC(F)(F)F)cc1)N1CCN(CC=Cc2ccccc2)CC1. The maximum Gasteiger partial charge on any atom is 0.446 e. The lowest BCUT2D eigenvalue weighted by Crippen LogP contribution is -2.49. The highest BCUT2D eigenvalue weighted by atomic mass is 32.2. The Bertz CT molecular complexity index is 817. The highest BCUT2D eigenvalue weighted by Gasteiger charge is 2.29. The number of anilines is 1. The van der Waals surface area contributed by atoms with Crippen LogP contribution in [0.2, 0.25) is 0 Å². The topological polar surface area (TPSA) is 35.6 Å². The number of benzene rings is 2. The minimum Gasteiger partial charge on any atom is -0.322 e. The van der Waals surface area contributed by atoms with E-state index < -0.39 is 5.51 Å². The van der Waals surface area contributed by atoms with E-state index in [4.69, 9.17) is 0 Å². The van der Waals surface area contributed by atoms with Crippen molar-refractivity contribution in [1.29, 1.82) is 0 Å². The van der Waals surface area contributed by atoms with Crippen LogP contribution in [0, 0.1) is 0 Å². The third kappa shape index (κ3) is 7.14. The second-order valence-corrected chi connectivity index (χ2v) is 7.74. The first-order chi connectivity index (χ1) is 13.9.